The molecule has 1 heterocycles. The SMILES string of the molecule is CN(C)C1CCN(c2ccc(NC(=O)c3ccc(-c4ccc(C#N)cc4)cc3)cc2F)C1. The molecule has 1 atom stereocenters. The summed E-state index contributed by atoms with van der Waals surface area (Å²) in [6.45, 7) is 1.61. The number of rotatable bonds is 5. The fourth-order valence-corrected chi connectivity index (χ4v) is 3.98. The third kappa shape index (κ3) is 4.63. The molecule has 1 fully saturated rings. The highest BCUT2D eigenvalue weighted by atomic mass is 19.1. The molecule has 1 amide bonds. The zero-order valence-corrected chi connectivity index (χ0v) is 18.2. The monoisotopic (exact) mass is 428 g/mol. The van der Waals surface area contributed by atoms with Crippen LogP contribution in [-0.4, -0.2) is 44.0 Å². The Labute approximate surface area is 187 Å². The van der Waals surface area contributed by atoms with Crippen LogP contribution in [-0.2, 0) is 0 Å². The number of benzene rings is 3. The summed E-state index contributed by atoms with van der Waals surface area (Å²) in [6.07, 6.45) is 1.00. The maximum Gasteiger partial charge on any atom is 0.255 e. The van der Waals surface area contributed by atoms with Gasteiger partial charge < -0.3 is 15.1 Å². The number of hydrogen-bond acceptors (Lipinski definition) is 4. The summed E-state index contributed by atoms with van der Waals surface area (Å²) in [7, 11) is 4.08. The van der Waals surface area contributed by atoms with Crippen molar-refractivity contribution in [1.82, 2.24) is 4.90 Å². The van der Waals surface area contributed by atoms with Crippen molar-refractivity contribution in [3.63, 3.8) is 0 Å². The number of likely N-dealkylation sites (N-methyl/N-ethyl adjacent to an activating group) is 1. The van der Waals surface area contributed by atoms with Crippen molar-refractivity contribution in [2.45, 2.75) is 12.5 Å². The van der Waals surface area contributed by atoms with Crippen molar-refractivity contribution >= 4 is 17.3 Å². The van der Waals surface area contributed by atoms with E-state index in [1.165, 1.54) is 6.07 Å². The molecule has 32 heavy (non-hydrogen) atoms. The summed E-state index contributed by atoms with van der Waals surface area (Å²) in [5, 5.41) is 11.7. The molecule has 0 radical (unpaired) electrons. The minimum Gasteiger partial charge on any atom is -0.368 e. The van der Waals surface area contributed by atoms with Gasteiger partial charge in [0.2, 0.25) is 0 Å². The van der Waals surface area contributed by atoms with Crippen LogP contribution in [0.5, 0.6) is 0 Å². The van der Waals surface area contributed by atoms with Crippen molar-refractivity contribution < 1.29 is 9.18 Å². The molecule has 1 aliphatic heterocycles. The molecule has 0 bridgehead atoms. The summed E-state index contributed by atoms with van der Waals surface area (Å²) in [5.74, 6) is -0.629. The van der Waals surface area contributed by atoms with Crippen LogP contribution < -0.4 is 10.2 Å². The molecule has 4 rings (SSSR count). The molecule has 1 unspecified atom stereocenters. The molecular weight excluding hydrogens is 403 g/mol. The summed E-state index contributed by atoms with van der Waals surface area (Å²) in [5.41, 5.74) is 4.00. The van der Waals surface area contributed by atoms with Crippen LogP contribution in [0.1, 0.15) is 22.3 Å². The Morgan fingerprint density at radius 2 is 1.72 bits per heavy atom. The number of halogens is 1. The molecule has 162 valence electrons. The minimum absolute atomic E-state index is 0.294. The van der Waals surface area contributed by atoms with Gasteiger partial charge in [0.05, 0.1) is 17.3 Å². The highest BCUT2D eigenvalue weighted by Crippen LogP contribution is 2.28. The second kappa shape index (κ2) is 9.21. The van der Waals surface area contributed by atoms with Gasteiger partial charge in [0.15, 0.2) is 0 Å². The molecule has 1 saturated heterocycles. The van der Waals surface area contributed by atoms with Crippen LogP contribution in [0.2, 0.25) is 0 Å². The zero-order chi connectivity index (χ0) is 22.7. The highest BCUT2D eigenvalue weighted by Gasteiger charge is 2.25. The molecule has 6 heteroatoms. The number of nitrogens with one attached hydrogen (secondary N) is 1. The molecular formula is C26H25FN4O. The number of nitrogens with zero attached hydrogens (tertiary/aromatic N) is 3. The first-order valence-corrected chi connectivity index (χ1v) is 10.6. The van der Waals surface area contributed by atoms with E-state index in [4.69, 9.17) is 5.26 Å². The van der Waals surface area contributed by atoms with Gasteiger partial charge >= 0.3 is 0 Å². The predicted molar refractivity (Wildman–Crippen MR) is 125 cm³/mol. The van der Waals surface area contributed by atoms with Crippen LogP contribution >= 0.6 is 0 Å². The second-order valence-corrected chi connectivity index (χ2v) is 8.24. The molecule has 0 spiro atoms. The molecule has 3 aromatic rings. The summed E-state index contributed by atoms with van der Waals surface area (Å²) in [4.78, 5) is 16.8. The van der Waals surface area contributed by atoms with Gasteiger partial charge in [-0.05, 0) is 74.1 Å². The van der Waals surface area contributed by atoms with Crippen molar-refractivity contribution in [1.29, 1.82) is 5.26 Å². The van der Waals surface area contributed by atoms with Crippen molar-refractivity contribution in [2.24, 2.45) is 0 Å². The van der Waals surface area contributed by atoms with Gasteiger partial charge in [-0.25, -0.2) is 4.39 Å². The summed E-state index contributed by atoms with van der Waals surface area (Å²) >= 11 is 0. The Morgan fingerprint density at radius 3 is 2.28 bits per heavy atom. The first-order chi connectivity index (χ1) is 15.4. The molecule has 5 nitrogen and oxygen atoms in total. The van der Waals surface area contributed by atoms with E-state index in [1.807, 2.05) is 43.3 Å². The molecule has 1 aliphatic rings. The number of anilines is 2. The van der Waals surface area contributed by atoms with Crippen LogP contribution in [0.3, 0.4) is 0 Å². The molecule has 0 aliphatic carbocycles. The number of nitriles is 1. The van der Waals surface area contributed by atoms with E-state index >= 15 is 0 Å². The molecule has 0 aromatic heterocycles. The van der Waals surface area contributed by atoms with E-state index in [2.05, 4.69) is 16.3 Å². The Morgan fingerprint density at radius 1 is 1.06 bits per heavy atom. The van der Waals surface area contributed by atoms with Crippen LogP contribution in [0, 0.1) is 17.1 Å². The quantitative estimate of drug-likeness (QED) is 0.637. The van der Waals surface area contributed by atoms with Crippen molar-refractivity contribution in [3.8, 4) is 17.2 Å². The smallest absolute Gasteiger partial charge is 0.255 e. The number of carbonyl (C=O) groups excluding carboxylic acids is 1. The van der Waals surface area contributed by atoms with Gasteiger partial charge in [-0.3, -0.25) is 4.79 Å². The maximum atomic E-state index is 14.8. The lowest BCUT2D eigenvalue weighted by atomic mass is 10.0. The van der Waals surface area contributed by atoms with Gasteiger partial charge in [0.25, 0.3) is 5.91 Å². The van der Waals surface area contributed by atoms with Gasteiger partial charge in [-0.2, -0.15) is 5.26 Å². The summed E-state index contributed by atoms with van der Waals surface area (Å²) in [6, 6.07) is 21.8. The lowest BCUT2D eigenvalue weighted by molar-refractivity contribution is 0.102. The van der Waals surface area contributed by atoms with Gasteiger partial charge in [-0.15, -0.1) is 0 Å². The van der Waals surface area contributed by atoms with Gasteiger partial charge in [0.1, 0.15) is 5.82 Å². The normalized spacial score (nSPS) is 15.6. The largest absolute Gasteiger partial charge is 0.368 e. The third-order valence-corrected chi connectivity index (χ3v) is 5.93. The van der Waals surface area contributed by atoms with E-state index < -0.39 is 0 Å². The Balaban J connectivity index is 1.42. The van der Waals surface area contributed by atoms with E-state index in [9.17, 15) is 9.18 Å². The Kier molecular flexibility index (Phi) is 6.20. The lowest BCUT2D eigenvalue weighted by Crippen LogP contribution is -2.31. The molecule has 1 N–H and O–H groups in total. The van der Waals surface area contributed by atoms with Crippen molar-refractivity contribution in [3.05, 3.63) is 83.7 Å². The molecule has 3 aromatic carbocycles. The first-order valence-electron chi connectivity index (χ1n) is 10.6. The Hall–Kier alpha value is -3.69. The minimum atomic E-state index is -0.335. The van der Waals surface area contributed by atoms with Crippen molar-refractivity contribution in [2.75, 3.05) is 37.4 Å². The average Bonchev–Trinajstić information content (AvgIpc) is 3.30. The summed E-state index contributed by atoms with van der Waals surface area (Å²) < 4.78 is 14.8. The fraction of sp³-hybridized carbons (Fsp3) is 0.231. The zero-order valence-electron chi connectivity index (χ0n) is 18.2. The predicted octanol–water partition coefficient (Wildman–Crippen LogP) is 4.76. The third-order valence-electron chi connectivity index (χ3n) is 5.93. The molecule has 0 saturated carbocycles. The number of amides is 1. The number of carbonyl (C=O) groups is 1. The van der Waals surface area contributed by atoms with E-state index in [-0.39, 0.29) is 11.7 Å². The highest BCUT2D eigenvalue weighted by molar-refractivity contribution is 6.04. The van der Waals surface area contributed by atoms with Crippen LogP contribution in [0.25, 0.3) is 11.1 Å². The topological polar surface area (TPSA) is 59.4 Å². The van der Waals surface area contributed by atoms with Gasteiger partial charge in [-0.1, -0.05) is 24.3 Å². The van der Waals surface area contributed by atoms with Crippen LogP contribution in [0.4, 0.5) is 15.8 Å². The van der Waals surface area contributed by atoms with E-state index in [0.29, 0.717) is 28.5 Å². The number of hydrogen-bond donors (Lipinski definition) is 1. The lowest BCUT2D eigenvalue weighted by Gasteiger charge is -2.22. The Bertz CT molecular complexity index is 1150. The second-order valence-electron chi connectivity index (χ2n) is 8.24. The maximum absolute atomic E-state index is 14.8. The average molecular weight is 429 g/mol. The fourth-order valence-electron chi connectivity index (χ4n) is 3.98. The first kappa shape index (κ1) is 21.5. The standard InChI is InChI=1S/C26H25FN4O/c1-30(2)23-13-14-31(17-23)25-12-11-22(15-24(25)27)29-26(32)21-9-7-20(8-10-21)19-5-3-18(16-28)4-6-19/h3-12,15,23H,13-14,17H2,1-2H3,(H,29,32). The van der Waals surface area contributed by atoms with E-state index in [0.717, 1.165) is 30.6 Å². The van der Waals surface area contributed by atoms with Gasteiger partial charge in [0, 0.05) is 30.4 Å². The van der Waals surface area contributed by atoms with E-state index in [1.54, 1.807) is 36.4 Å². The van der Waals surface area contributed by atoms with Crippen LogP contribution in [0.15, 0.2) is 66.7 Å².